The molecule has 0 unspecified atom stereocenters. The van der Waals surface area contributed by atoms with Gasteiger partial charge in [-0.3, -0.25) is 0 Å². The van der Waals surface area contributed by atoms with Gasteiger partial charge in [-0.15, -0.1) is 0 Å². The average Bonchev–Trinajstić information content (AvgIpc) is 2.39. The number of ether oxygens (including phenoxy) is 1. The maximum Gasteiger partial charge on any atom is 0.136 e. The molecule has 18 heavy (non-hydrogen) atoms. The van der Waals surface area contributed by atoms with Gasteiger partial charge in [-0.05, 0) is 36.6 Å². The van der Waals surface area contributed by atoms with Crippen molar-refractivity contribution in [1.29, 1.82) is 0 Å². The zero-order valence-corrected chi connectivity index (χ0v) is 11.0. The molecule has 1 aromatic carbocycles. The third-order valence-corrected chi connectivity index (χ3v) is 3.61. The number of hydrogen-bond donors (Lipinski definition) is 0. The van der Waals surface area contributed by atoms with Crippen molar-refractivity contribution in [1.82, 2.24) is 4.98 Å². The topological polar surface area (TPSA) is 25.4 Å². The lowest BCUT2D eigenvalue weighted by atomic mass is 10.1. The molecule has 0 amide bonds. The van der Waals surface area contributed by atoms with Crippen molar-refractivity contribution in [2.24, 2.45) is 0 Å². The summed E-state index contributed by atoms with van der Waals surface area (Å²) in [6.45, 7) is 4.77. The van der Waals surface area contributed by atoms with Gasteiger partial charge in [0.05, 0.1) is 12.7 Å². The molecule has 1 saturated heterocycles. The van der Waals surface area contributed by atoms with Crippen molar-refractivity contribution in [3.63, 3.8) is 0 Å². The molecular weight excluding hydrogens is 248 g/mol. The monoisotopic (exact) mass is 262 g/mol. The highest BCUT2D eigenvalue weighted by Gasteiger charge is 2.17. The Bertz CT molecular complexity index is 573. The summed E-state index contributed by atoms with van der Waals surface area (Å²) < 4.78 is 5.56. The quantitative estimate of drug-likeness (QED) is 0.739. The molecule has 2 aromatic rings. The summed E-state index contributed by atoms with van der Waals surface area (Å²) in [5, 5.41) is 2.70. The highest BCUT2D eigenvalue weighted by atomic mass is 35.5. The smallest absolute Gasteiger partial charge is 0.136 e. The van der Waals surface area contributed by atoms with E-state index in [4.69, 9.17) is 16.3 Å². The summed E-state index contributed by atoms with van der Waals surface area (Å²) >= 11 is 6.07. The van der Waals surface area contributed by atoms with Crippen LogP contribution in [0.4, 0.5) is 5.69 Å². The Kier molecular flexibility index (Phi) is 3.10. The molecule has 2 heterocycles. The van der Waals surface area contributed by atoms with Gasteiger partial charge in [0, 0.05) is 30.4 Å². The Balaban J connectivity index is 1.98. The fourth-order valence-corrected chi connectivity index (χ4v) is 2.61. The minimum atomic E-state index is 0.287. The molecule has 0 spiro atoms. The first kappa shape index (κ1) is 11.8. The second-order valence-corrected chi connectivity index (χ2v) is 4.99. The van der Waals surface area contributed by atoms with Crippen molar-refractivity contribution in [3.8, 4) is 0 Å². The lowest BCUT2D eigenvalue weighted by Gasteiger charge is -2.33. The Labute approximate surface area is 111 Å². The zero-order valence-electron chi connectivity index (χ0n) is 10.3. The number of halogens is 1. The molecule has 0 bridgehead atoms. The summed E-state index contributed by atoms with van der Waals surface area (Å²) in [7, 11) is 0. The Morgan fingerprint density at radius 1 is 1.39 bits per heavy atom. The third-order valence-electron chi connectivity index (χ3n) is 3.31. The fraction of sp³-hybridized carbons (Fsp3) is 0.357. The number of anilines is 1. The molecule has 1 aliphatic rings. The summed E-state index contributed by atoms with van der Waals surface area (Å²) in [5.74, 6) is 0. The van der Waals surface area contributed by atoms with Crippen molar-refractivity contribution in [2.45, 2.75) is 13.0 Å². The number of rotatable bonds is 1. The predicted octanol–water partition coefficient (Wildman–Crippen LogP) is 3.11. The van der Waals surface area contributed by atoms with E-state index in [1.807, 2.05) is 12.1 Å². The summed E-state index contributed by atoms with van der Waals surface area (Å²) in [6, 6.07) is 8.31. The normalized spacial score (nSPS) is 20.3. The summed E-state index contributed by atoms with van der Waals surface area (Å²) in [5.41, 5.74) is 1.22. The Hall–Kier alpha value is -1.32. The van der Waals surface area contributed by atoms with E-state index in [1.54, 1.807) is 6.20 Å². The van der Waals surface area contributed by atoms with Crippen LogP contribution in [0.5, 0.6) is 0 Å². The van der Waals surface area contributed by atoms with Crippen LogP contribution in [0.3, 0.4) is 0 Å². The molecule has 0 radical (unpaired) electrons. The maximum absolute atomic E-state index is 6.07. The van der Waals surface area contributed by atoms with Crippen LogP contribution in [0.1, 0.15) is 6.92 Å². The van der Waals surface area contributed by atoms with E-state index in [0.717, 1.165) is 30.5 Å². The van der Waals surface area contributed by atoms with Gasteiger partial charge < -0.3 is 9.64 Å². The van der Waals surface area contributed by atoms with Crippen LogP contribution in [-0.2, 0) is 4.74 Å². The number of morpholine rings is 1. The number of fused-ring (bicyclic) bond motifs is 1. The second kappa shape index (κ2) is 4.75. The van der Waals surface area contributed by atoms with E-state index in [-0.39, 0.29) is 6.10 Å². The SMILES string of the molecule is C[C@@H]1CN(c2ccc3c(Cl)nccc3c2)CCO1. The summed E-state index contributed by atoms with van der Waals surface area (Å²) in [6.07, 6.45) is 2.03. The number of benzene rings is 1. The number of nitrogens with zero attached hydrogens (tertiary/aromatic N) is 2. The Morgan fingerprint density at radius 3 is 3.11 bits per heavy atom. The number of hydrogen-bond acceptors (Lipinski definition) is 3. The van der Waals surface area contributed by atoms with Gasteiger partial charge in [0.15, 0.2) is 0 Å². The van der Waals surface area contributed by atoms with E-state index in [0.29, 0.717) is 5.15 Å². The molecular formula is C14H15ClN2O. The number of pyridine rings is 1. The highest BCUT2D eigenvalue weighted by molar-refractivity contribution is 6.34. The van der Waals surface area contributed by atoms with Crippen LogP contribution in [-0.4, -0.2) is 30.8 Å². The van der Waals surface area contributed by atoms with Crippen LogP contribution in [0.25, 0.3) is 10.8 Å². The third kappa shape index (κ3) is 2.16. The van der Waals surface area contributed by atoms with Crippen LogP contribution < -0.4 is 4.90 Å². The molecule has 4 heteroatoms. The van der Waals surface area contributed by atoms with Gasteiger partial charge in [0.25, 0.3) is 0 Å². The van der Waals surface area contributed by atoms with Crippen LogP contribution >= 0.6 is 11.6 Å². The lowest BCUT2D eigenvalue weighted by molar-refractivity contribution is 0.0532. The fourth-order valence-electron chi connectivity index (χ4n) is 2.38. The highest BCUT2D eigenvalue weighted by Crippen LogP contribution is 2.26. The largest absolute Gasteiger partial charge is 0.375 e. The molecule has 3 rings (SSSR count). The van der Waals surface area contributed by atoms with E-state index in [2.05, 4.69) is 28.9 Å². The molecule has 1 atom stereocenters. The van der Waals surface area contributed by atoms with E-state index in [9.17, 15) is 0 Å². The standard InChI is InChI=1S/C14H15ClN2O/c1-10-9-17(6-7-18-10)12-2-3-13-11(8-12)4-5-16-14(13)15/h2-5,8,10H,6-7,9H2,1H3/t10-/m1/s1. The molecule has 0 N–H and O–H groups in total. The van der Waals surface area contributed by atoms with Gasteiger partial charge in [0.1, 0.15) is 5.15 Å². The predicted molar refractivity (Wildman–Crippen MR) is 74.4 cm³/mol. The zero-order chi connectivity index (χ0) is 12.5. The van der Waals surface area contributed by atoms with Crippen molar-refractivity contribution >= 4 is 28.1 Å². The van der Waals surface area contributed by atoms with Gasteiger partial charge in [-0.1, -0.05) is 11.6 Å². The molecule has 3 nitrogen and oxygen atoms in total. The van der Waals surface area contributed by atoms with Crippen molar-refractivity contribution in [3.05, 3.63) is 35.6 Å². The average molecular weight is 263 g/mol. The molecule has 1 aromatic heterocycles. The molecule has 1 fully saturated rings. The first-order valence-electron chi connectivity index (χ1n) is 6.15. The van der Waals surface area contributed by atoms with Gasteiger partial charge in [-0.2, -0.15) is 0 Å². The molecule has 0 saturated carbocycles. The number of aromatic nitrogens is 1. The van der Waals surface area contributed by atoms with E-state index >= 15 is 0 Å². The molecule has 1 aliphatic heterocycles. The van der Waals surface area contributed by atoms with Gasteiger partial charge in [0.2, 0.25) is 0 Å². The molecule has 94 valence electrons. The Morgan fingerprint density at radius 2 is 2.28 bits per heavy atom. The maximum atomic E-state index is 6.07. The minimum Gasteiger partial charge on any atom is -0.375 e. The van der Waals surface area contributed by atoms with Crippen molar-refractivity contribution < 1.29 is 4.74 Å². The van der Waals surface area contributed by atoms with E-state index < -0.39 is 0 Å². The second-order valence-electron chi connectivity index (χ2n) is 4.63. The van der Waals surface area contributed by atoms with Gasteiger partial charge >= 0.3 is 0 Å². The van der Waals surface area contributed by atoms with Crippen LogP contribution in [0, 0.1) is 0 Å². The van der Waals surface area contributed by atoms with Crippen LogP contribution in [0.2, 0.25) is 5.15 Å². The van der Waals surface area contributed by atoms with Crippen molar-refractivity contribution in [2.75, 3.05) is 24.6 Å². The van der Waals surface area contributed by atoms with E-state index in [1.165, 1.54) is 5.69 Å². The minimum absolute atomic E-state index is 0.287. The lowest BCUT2D eigenvalue weighted by Crippen LogP contribution is -2.41. The first-order chi connectivity index (χ1) is 8.74. The van der Waals surface area contributed by atoms with Gasteiger partial charge in [-0.25, -0.2) is 4.98 Å². The first-order valence-corrected chi connectivity index (χ1v) is 6.52. The summed E-state index contributed by atoms with van der Waals surface area (Å²) in [4.78, 5) is 6.44. The van der Waals surface area contributed by atoms with Crippen LogP contribution in [0.15, 0.2) is 30.5 Å². The molecule has 0 aliphatic carbocycles.